The van der Waals surface area contributed by atoms with Crippen molar-refractivity contribution in [1.29, 1.82) is 0 Å². The quantitative estimate of drug-likeness (QED) is 0.0975. The number of aliphatic hydroxyl groups is 1. The molecule has 1 unspecified atom stereocenters. The van der Waals surface area contributed by atoms with E-state index < -0.39 is 28.8 Å². The van der Waals surface area contributed by atoms with Gasteiger partial charge in [-0.3, -0.25) is 19.8 Å². The van der Waals surface area contributed by atoms with Crippen molar-refractivity contribution in [2.75, 3.05) is 40.5 Å². The number of hydrogen-bond donors (Lipinski definition) is 1. The van der Waals surface area contributed by atoms with Crippen LogP contribution in [0.25, 0.3) is 16.6 Å². The van der Waals surface area contributed by atoms with Gasteiger partial charge in [-0.15, -0.1) is 0 Å². The van der Waals surface area contributed by atoms with E-state index in [1.807, 2.05) is 0 Å². The molecule has 5 rings (SSSR count). The van der Waals surface area contributed by atoms with E-state index in [9.17, 15) is 33.2 Å². The molecule has 11 nitrogen and oxygen atoms in total. The summed E-state index contributed by atoms with van der Waals surface area (Å²) in [5.74, 6) is 0.804. The summed E-state index contributed by atoms with van der Waals surface area (Å²) in [6.45, 7) is 1.65. The van der Waals surface area contributed by atoms with Crippen LogP contribution in [0.4, 0.5) is 18.9 Å². The molecule has 4 aromatic rings. The van der Waals surface area contributed by atoms with Gasteiger partial charge in [0.15, 0.2) is 11.5 Å². The van der Waals surface area contributed by atoms with Crippen LogP contribution in [0.3, 0.4) is 0 Å². The molecule has 0 spiro atoms. The summed E-state index contributed by atoms with van der Waals surface area (Å²) in [5.41, 5.74) is -2.55. The molecule has 1 aromatic heterocycles. The number of fused-ring (bicyclic) bond motifs is 1. The largest absolute Gasteiger partial charge is 0.493 e. The minimum absolute atomic E-state index is 0.0531. The minimum atomic E-state index is -5.08. The number of benzene rings is 3. The summed E-state index contributed by atoms with van der Waals surface area (Å²) < 4.78 is 68.6. The SMILES string of the molecule is CCOC(=O)CCc1cc(OC)c(OC2CCN(CC(O)(c3cn(-c4ccccc4)c4cc([N+](=O)[O-])ccc34)C(F)(F)F)CC2)c(OC)c1. The molecule has 0 radical (unpaired) electrons. The van der Waals surface area contributed by atoms with Crippen LogP contribution in [-0.2, 0) is 21.6 Å². The van der Waals surface area contributed by atoms with E-state index in [1.165, 1.54) is 42.0 Å². The monoisotopic (exact) mass is 685 g/mol. The molecule has 14 heteroatoms. The molecule has 1 aliphatic rings. The van der Waals surface area contributed by atoms with Crippen LogP contribution in [-0.4, -0.2) is 78.2 Å². The number of methoxy groups -OCH3 is 2. The van der Waals surface area contributed by atoms with E-state index in [0.717, 1.165) is 11.6 Å². The highest BCUT2D eigenvalue weighted by Gasteiger charge is 2.57. The zero-order valence-corrected chi connectivity index (χ0v) is 27.4. The first-order chi connectivity index (χ1) is 23.4. The lowest BCUT2D eigenvalue weighted by atomic mass is 9.91. The summed E-state index contributed by atoms with van der Waals surface area (Å²) in [6.07, 6.45) is -2.98. The molecule has 1 N–H and O–H groups in total. The maximum absolute atomic E-state index is 14.9. The number of nitro benzene ring substituents is 1. The lowest BCUT2D eigenvalue weighted by molar-refractivity contribution is -0.384. The molecule has 0 amide bonds. The fourth-order valence-corrected chi connectivity index (χ4v) is 6.14. The predicted molar refractivity (Wildman–Crippen MR) is 174 cm³/mol. The number of likely N-dealkylation sites (tertiary alicyclic amines) is 1. The standard InChI is InChI=1S/C35H38F3N3O8/c1-4-48-32(42)13-10-23-18-30(46-2)33(31(19-23)47-3)49-26-14-16-39(17-15-26)22-34(43,35(36,37)38)28-21-40(24-8-6-5-7-9-24)29-20-25(41(44)45)11-12-27(28)29/h5-9,11-12,18-21,26,43H,4,10,13-17,22H2,1-3H3. The van der Waals surface area contributed by atoms with E-state index in [2.05, 4.69) is 0 Å². The van der Waals surface area contributed by atoms with Gasteiger partial charge in [0.25, 0.3) is 5.69 Å². The normalized spacial score (nSPS) is 15.5. The maximum Gasteiger partial charge on any atom is 0.422 e. The van der Waals surface area contributed by atoms with Crippen molar-refractivity contribution in [2.24, 2.45) is 0 Å². The molecule has 49 heavy (non-hydrogen) atoms. The maximum atomic E-state index is 14.9. The molecule has 1 aliphatic heterocycles. The third-order valence-electron chi connectivity index (χ3n) is 8.66. The zero-order chi connectivity index (χ0) is 35.3. The number of ether oxygens (including phenoxy) is 4. The van der Waals surface area contributed by atoms with Crippen LogP contribution in [0, 0.1) is 10.1 Å². The molecular formula is C35H38F3N3O8. The average Bonchev–Trinajstić information content (AvgIpc) is 3.48. The van der Waals surface area contributed by atoms with E-state index in [-0.39, 0.29) is 54.8 Å². The predicted octanol–water partition coefficient (Wildman–Crippen LogP) is 6.34. The molecule has 1 atom stereocenters. The smallest absolute Gasteiger partial charge is 0.422 e. The van der Waals surface area contributed by atoms with Crippen LogP contribution in [0.1, 0.15) is 37.3 Å². The molecule has 1 fully saturated rings. The van der Waals surface area contributed by atoms with Crippen molar-refractivity contribution >= 4 is 22.6 Å². The van der Waals surface area contributed by atoms with Crippen molar-refractivity contribution < 1.29 is 46.9 Å². The number of alkyl halides is 3. The Morgan fingerprint density at radius 2 is 1.67 bits per heavy atom. The van der Waals surface area contributed by atoms with Gasteiger partial charge >= 0.3 is 12.1 Å². The number of nitro groups is 1. The van der Waals surface area contributed by atoms with Gasteiger partial charge in [-0.2, -0.15) is 13.2 Å². The molecule has 3 aromatic carbocycles. The van der Waals surface area contributed by atoms with E-state index in [4.69, 9.17) is 18.9 Å². The Morgan fingerprint density at radius 1 is 1.02 bits per heavy atom. The molecule has 2 heterocycles. The van der Waals surface area contributed by atoms with Crippen LogP contribution in [0.15, 0.2) is 66.9 Å². The van der Waals surface area contributed by atoms with Gasteiger partial charge in [0.2, 0.25) is 11.4 Å². The van der Waals surface area contributed by atoms with Gasteiger partial charge in [-0.1, -0.05) is 18.2 Å². The second kappa shape index (κ2) is 14.7. The van der Waals surface area contributed by atoms with Crippen molar-refractivity contribution in [1.82, 2.24) is 9.47 Å². The number of rotatable bonds is 13. The number of esters is 1. The Balaban J connectivity index is 1.36. The molecule has 0 aliphatic carbocycles. The van der Waals surface area contributed by atoms with Crippen molar-refractivity contribution in [2.45, 2.75) is 50.5 Å². The van der Waals surface area contributed by atoms with Gasteiger partial charge < -0.3 is 28.6 Å². The van der Waals surface area contributed by atoms with Crippen LogP contribution >= 0.6 is 0 Å². The topological polar surface area (TPSA) is 126 Å². The Kier molecular flexibility index (Phi) is 10.7. The number of halogens is 3. The second-order valence-corrected chi connectivity index (χ2v) is 11.8. The fourth-order valence-electron chi connectivity index (χ4n) is 6.14. The number of aromatic nitrogens is 1. The number of para-hydroxylation sites is 1. The Labute approximate surface area is 280 Å². The number of β-amino-alcohol motifs (C(OH)–C–C–N with tert-alkyl or cyclic N) is 1. The van der Waals surface area contributed by atoms with Crippen LogP contribution < -0.4 is 14.2 Å². The van der Waals surface area contributed by atoms with E-state index in [0.29, 0.717) is 42.2 Å². The molecule has 1 saturated heterocycles. The Morgan fingerprint density at radius 3 is 2.24 bits per heavy atom. The lowest BCUT2D eigenvalue weighted by Crippen LogP contribution is -2.53. The van der Waals surface area contributed by atoms with Crippen molar-refractivity contribution in [3.8, 4) is 22.9 Å². The third-order valence-corrected chi connectivity index (χ3v) is 8.66. The number of carbonyl (C=O) groups excluding carboxylic acids is 1. The average molecular weight is 686 g/mol. The van der Waals surface area contributed by atoms with Gasteiger partial charge in [0.05, 0.1) is 31.3 Å². The number of hydrogen-bond acceptors (Lipinski definition) is 9. The number of piperidine rings is 1. The highest BCUT2D eigenvalue weighted by Crippen LogP contribution is 2.45. The second-order valence-electron chi connectivity index (χ2n) is 11.8. The number of nitrogens with zero attached hydrogens (tertiary/aromatic N) is 3. The number of non-ortho nitro benzene ring substituents is 1. The molecule has 0 bridgehead atoms. The first-order valence-corrected chi connectivity index (χ1v) is 15.8. The highest BCUT2D eigenvalue weighted by atomic mass is 19.4. The first kappa shape index (κ1) is 35.5. The van der Waals surface area contributed by atoms with Gasteiger partial charge in [0.1, 0.15) is 6.10 Å². The number of carbonyl (C=O) groups is 1. The fraction of sp³-hybridized carbons (Fsp3) is 0.400. The first-order valence-electron chi connectivity index (χ1n) is 15.8. The van der Waals surface area contributed by atoms with E-state index in [1.54, 1.807) is 49.4 Å². The summed E-state index contributed by atoms with van der Waals surface area (Å²) in [5, 5.41) is 23.2. The summed E-state index contributed by atoms with van der Waals surface area (Å²) in [7, 11) is 2.95. The summed E-state index contributed by atoms with van der Waals surface area (Å²) in [4.78, 5) is 24.3. The molecule has 0 saturated carbocycles. The minimum Gasteiger partial charge on any atom is -0.493 e. The van der Waals surface area contributed by atoms with Gasteiger partial charge in [-0.25, -0.2) is 0 Å². The van der Waals surface area contributed by atoms with Crippen molar-refractivity contribution in [3.63, 3.8) is 0 Å². The van der Waals surface area contributed by atoms with Gasteiger partial charge in [0, 0.05) is 61.0 Å². The molecular weight excluding hydrogens is 647 g/mol. The van der Waals surface area contributed by atoms with Crippen LogP contribution in [0.5, 0.6) is 17.2 Å². The number of aryl methyl sites for hydroxylation is 1. The Bertz CT molecular complexity index is 1760. The summed E-state index contributed by atoms with van der Waals surface area (Å²) in [6, 6.07) is 15.6. The van der Waals surface area contributed by atoms with E-state index >= 15 is 0 Å². The lowest BCUT2D eigenvalue weighted by Gasteiger charge is -2.39. The Hall–Kier alpha value is -4.82. The highest BCUT2D eigenvalue weighted by molar-refractivity contribution is 5.88. The van der Waals surface area contributed by atoms with Gasteiger partial charge in [-0.05, 0) is 62.1 Å². The van der Waals surface area contributed by atoms with Crippen molar-refractivity contribution in [3.05, 3.63) is 88.1 Å². The van der Waals surface area contributed by atoms with Crippen LogP contribution in [0.2, 0.25) is 0 Å². The molecule has 262 valence electrons. The summed E-state index contributed by atoms with van der Waals surface area (Å²) >= 11 is 0. The third kappa shape index (κ3) is 7.60. The zero-order valence-electron chi connectivity index (χ0n) is 27.4.